The van der Waals surface area contributed by atoms with Crippen molar-refractivity contribution in [2.24, 2.45) is 0 Å². The van der Waals surface area contributed by atoms with Crippen LogP contribution in [0.15, 0.2) is 24.5 Å². The monoisotopic (exact) mass is 283 g/mol. The summed E-state index contributed by atoms with van der Waals surface area (Å²) in [6, 6.07) is 4.78. The highest BCUT2D eigenvalue weighted by Gasteiger charge is 2.13. The minimum Gasteiger partial charge on any atom is -0.478 e. The number of aromatic nitrogens is 2. The lowest BCUT2D eigenvalue weighted by atomic mass is 10.2. The number of carboxylic acids is 1. The normalized spacial score (nSPS) is 11.8. The van der Waals surface area contributed by atoms with E-state index in [1.165, 1.54) is 19.4 Å². The maximum atomic E-state index is 11.4. The van der Waals surface area contributed by atoms with Gasteiger partial charge in [0, 0.05) is 6.54 Å². The van der Waals surface area contributed by atoms with Gasteiger partial charge < -0.3 is 9.67 Å². The molecule has 0 atom stereocenters. The Labute approximate surface area is 109 Å². The van der Waals surface area contributed by atoms with Crippen LogP contribution in [-0.2, 0) is 16.6 Å². The van der Waals surface area contributed by atoms with Crippen molar-refractivity contribution in [3.05, 3.63) is 30.1 Å². The molecule has 2 rings (SSSR count). The van der Waals surface area contributed by atoms with E-state index in [9.17, 15) is 13.2 Å². The summed E-state index contributed by atoms with van der Waals surface area (Å²) in [4.78, 5) is 15.1. The van der Waals surface area contributed by atoms with E-state index >= 15 is 0 Å². The summed E-state index contributed by atoms with van der Waals surface area (Å²) in [7, 11) is -1.95. The Balaban J connectivity index is 2.36. The number of fused-ring (bicyclic) bond motifs is 1. The Kier molecular flexibility index (Phi) is 3.54. The molecule has 19 heavy (non-hydrogen) atoms. The van der Waals surface area contributed by atoms with Crippen LogP contribution in [0.2, 0.25) is 0 Å². The van der Waals surface area contributed by atoms with E-state index in [0.717, 1.165) is 0 Å². The Morgan fingerprint density at radius 1 is 1.47 bits per heavy atom. The van der Waals surface area contributed by atoms with Gasteiger partial charge in [0.15, 0.2) is 0 Å². The van der Waals surface area contributed by atoms with E-state index in [1.807, 2.05) is 0 Å². The third kappa shape index (κ3) is 2.74. The van der Waals surface area contributed by atoms with Crippen molar-refractivity contribution < 1.29 is 18.3 Å². The SMILES string of the molecule is CNS(=O)(=O)CCn1cnc2c(C(=O)O)cccc21. The molecule has 0 unspecified atom stereocenters. The average molecular weight is 283 g/mol. The lowest BCUT2D eigenvalue weighted by Crippen LogP contribution is -2.24. The number of nitrogens with one attached hydrogen (secondary N) is 1. The fraction of sp³-hybridized carbons (Fsp3) is 0.273. The van der Waals surface area contributed by atoms with E-state index < -0.39 is 16.0 Å². The van der Waals surface area contributed by atoms with Gasteiger partial charge in [-0.3, -0.25) is 0 Å². The number of carboxylic acid groups (broad SMARTS) is 1. The number of aromatic carboxylic acids is 1. The predicted octanol–water partition coefficient (Wildman–Crippen LogP) is 0.284. The molecule has 0 bridgehead atoms. The summed E-state index contributed by atoms with van der Waals surface area (Å²) in [6.07, 6.45) is 1.45. The summed E-state index contributed by atoms with van der Waals surface area (Å²) >= 11 is 0. The molecule has 7 nitrogen and oxygen atoms in total. The van der Waals surface area contributed by atoms with Gasteiger partial charge in [-0.15, -0.1) is 0 Å². The predicted molar refractivity (Wildman–Crippen MR) is 69.5 cm³/mol. The van der Waals surface area contributed by atoms with Crippen molar-refractivity contribution in [2.75, 3.05) is 12.8 Å². The van der Waals surface area contributed by atoms with Crippen molar-refractivity contribution in [1.29, 1.82) is 0 Å². The van der Waals surface area contributed by atoms with Crippen LogP contribution in [-0.4, -0.2) is 41.8 Å². The molecule has 0 fully saturated rings. The van der Waals surface area contributed by atoms with Gasteiger partial charge in [-0.05, 0) is 19.2 Å². The molecule has 0 radical (unpaired) electrons. The third-order valence-corrected chi connectivity index (χ3v) is 4.13. The number of hydrogen-bond donors (Lipinski definition) is 2. The molecule has 0 aliphatic heterocycles. The van der Waals surface area contributed by atoms with Crippen molar-refractivity contribution in [2.45, 2.75) is 6.54 Å². The van der Waals surface area contributed by atoms with Gasteiger partial charge in [0.1, 0.15) is 5.52 Å². The van der Waals surface area contributed by atoms with Gasteiger partial charge in [0.2, 0.25) is 10.0 Å². The second-order valence-corrected chi connectivity index (χ2v) is 5.99. The van der Waals surface area contributed by atoms with Gasteiger partial charge in [0.25, 0.3) is 0 Å². The number of rotatable bonds is 5. The molecule has 1 heterocycles. The highest BCUT2D eigenvalue weighted by molar-refractivity contribution is 7.89. The van der Waals surface area contributed by atoms with E-state index in [4.69, 9.17) is 5.11 Å². The van der Waals surface area contributed by atoms with Crippen molar-refractivity contribution in [1.82, 2.24) is 14.3 Å². The molecule has 1 aromatic heterocycles. The molecule has 8 heteroatoms. The third-order valence-electron chi connectivity index (χ3n) is 2.79. The van der Waals surface area contributed by atoms with Crippen LogP contribution in [0.4, 0.5) is 0 Å². The highest BCUT2D eigenvalue weighted by atomic mass is 32.2. The molecule has 2 aromatic rings. The first-order valence-electron chi connectivity index (χ1n) is 5.53. The van der Waals surface area contributed by atoms with Crippen molar-refractivity contribution >= 4 is 27.0 Å². The van der Waals surface area contributed by atoms with Gasteiger partial charge in [0.05, 0.1) is 23.2 Å². The average Bonchev–Trinajstić information content (AvgIpc) is 2.79. The van der Waals surface area contributed by atoms with Crippen LogP contribution >= 0.6 is 0 Å². The quantitative estimate of drug-likeness (QED) is 0.821. The fourth-order valence-corrected chi connectivity index (χ4v) is 2.40. The number of imidazole rings is 1. The van der Waals surface area contributed by atoms with Gasteiger partial charge in [-0.2, -0.15) is 0 Å². The van der Waals surface area contributed by atoms with Crippen LogP contribution < -0.4 is 4.72 Å². The summed E-state index contributed by atoms with van der Waals surface area (Å²) in [5.74, 6) is -1.15. The van der Waals surface area contributed by atoms with E-state index in [2.05, 4.69) is 9.71 Å². The molecule has 0 spiro atoms. The number of benzene rings is 1. The summed E-state index contributed by atoms with van der Waals surface area (Å²) in [5, 5.41) is 9.03. The Hall–Kier alpha value is -1.93. The zero-order valence-electron chi connectivity index (χ0n) is 10.2. The Bertz CT molecular complexity index is 721. The summed E-state index contributed by atoms with van der Waals surface area (Å²) in [5.41, 5.74) is 1.07. The van der Waals surface area contributed by atoms with Gasteiger partial charge in [-0.1, -0.05) is 6.07 Å². The van der Waals surface area contributed by atoms with Crippen molar-refractivity contribution in [3.63, 3.8) is 0 Å². The number of para-hydroxylation sites is 1. The topological polar surface area (TPSA) is 101 Å². The number of hydrogen-bond acceptors (Lipinski definition) is 4. The van der Waals surface area contributed by atoms with Gasteiger partial charge >= 0.3 is 5.97 Å². The maximum absolute atomic E-state index is 11.4. The first kappa shape index (κ1) is 13.5. The van der Waals surface area contributed by atoms with E-state index in [1.54, 1.807) is 16.7 Å². The molecule has 102 valence electrons. The second kappa shape index (κ2) is 4.98. The maximum Gasteiger partial charge on any atom is 0.337 e. The minimum absolute atomic E-state index is 0.0910. The van der Waals surface area contributed by atoms with Crippen LogP contribution in [0, 0.1) is 0 Å². The summed E-state index contributed by atoms with van der Waals surface area (Å²) in [6.45, 7) is 0.211. The number of carbonyl (C=O) groups is 1. The molecule has 1 aromatic carbocycles. The number of sulfonamides is 1. The molecule has 0 amide bonds. The van der Waals surface area contributed by atoms with E-state index in [-0.39, 0.29) is 17.9 Å². The van der Waals surface area contributed by atoms with Crippen LogP contribution in [0.5, 0.6) is 0 Å². The minimum atomic E-state index is -3.31. The highest BCUT2D eigenvalue weighted by Crippen LogP contribution is 2.17. The molecule has 2 N–H and O–H groups in total. The fourth-order valence-electron chi connectivity index (χ4n) is 1.76. The Morgan fingerprint density at radius 2 is 2.21 bits per heavy atom. The zero-order valence-corrected chi connectivity index (χ0v) is 11.0. The lowest BCUT2D eigenvalue weighted by Gasteiger charge is -2.05. The van der Waals surface area contributed by atoms with E-state index in [0.29, 0.717) is 11.0 Å². The number of nitrogens with zero attached hydrogens (tertiary/aromatic N) is 2. The van der Waals surface area contributed by atoms with Crippen LogP contribution in [0.1, 0.15) is 10.4 Å². The molecule has 0 aliphatic carbocycles. The zero-order chi connectivity index (χ0) is 14.0. The number of aryl methyl sites for hydroxylation is 1. The van der Waals surface area contributed by atoms with Crippen LogP contribution in [0.3, 0.4) is 0 Å². The molecular formula is C11H13N3O4S. The molecular weight excluding hydrogens is 270 g/mol. The van der Waals surface area contributed by atoms with Gasteiger partial charge in [-0.25, -0.2) is 22.9 Å². The largest absolute Gasteiger partial charge is 0.478 e. The smallest absolute Gasteiger partial charge is 0.337 e. The lowest BCUT2D eigenvalue weighted by molar-refractivity contribution is 0.0699. The second-order valence-electron chi connectivity index (χ2n) is 3.94. The first-order chi connectivity index (χ1) is 8.94. The Morgan fingerprint density at radius 3 is 2.84 bits per heavy atom. The van der Waals surface area contributed by atoms with Crippen LogP contribution in [0.25, 0.3) is 11.0 Å². The first-order valence-corrected chi connectivity index (χ1v) is 7.18. The molecule has 0 saturated heterocycles. The summed E-state index contributed by atoms with van der Waals surface area (Å²) < 4.78 is 26.6. The molecule has 0 aliphatic rings. The standard InChI is InChI=1S/C11H13N3O4S/c1-12-19(17,18)6-5-14-7-13-10-8(11(15)16)3-2-4-9(10)14/h2-4,7,12H,5-6H2,1H3,(H,15,16). The van der Waals surface area contributed by atoms with Crippen molar-refractivity contribution in [3.8, 4) is 0 Å². The molecule has 0 saturated carbocycles.